The summed E-state index contributed by atoms with van der Waals surface area (Å²) in [6.45, 7) is 2.61. The molecule has 0 unspecified atom stereocenters. The first-order valence-corrected chi connectivity index (χ1v) is 6.44. The first-order valence-electron chi connectivity index (χ1n) is 6.44. The molecule has 1 atom stereocenters. The number of carbonyl (C=O) groups is 2. The van der Waals surface area contributed by atoms with Crippen LogP contribution >= 0.6 is 0 Å². The molecule has 0 aromatic carbocycles. The van der Waals surface area contributed by atoms with Crippen LogP contribution in [0.15, 0.2) is 12.5 Å². The second-order valence-electron chi connectivity index (χ2n) is 4.28. The van der Waals surface area contributed by atoms with E-state index < -0.39 is 18.0 Å². The average Bonchev–Trinajstić information content (AvgIpc) is 2.91. The van der Waals surface area contributed by atoms with Crippen LogP contribution in [0, 0.1) is 0 Å². The molecule has 0 aliphatic rings. The highest BCUT2D eigenvalue weighted by molar-refractivity contribution is 5.82. The fourth-order valence-corrected chi connectivity index (χ4v) is 1.72. The molecule has 1 aromatic rings. The minimum atomic E-state index is -1.11. The highest BCUT2D eigenvalue weighted by atomic mass is 16.4. The number of aromatic nitrogens is 2. The van der Waals surface area contributed by atoms with E-state index in [4.69, 9.17) is 10.2 Å². The van der Waals surface area contributed by atoms with Gasteiger partial charge in [-0.3, -0.25) is 0 Å². The number of aliphatic hydroxyl groups excluding tert-OH is 1. The van der Waals surface area contributed by atoms with Crippen molar-refractivity contribution in [2.24, 2.45) is 0 Å². The third-order valence-electron chi connectivity index (χ3n) is 2.83. The van der Waals surface area contributed by atoms with Gasteiger partial charge in [-0.05, 0) is 13.3 Å². The molecule has 8 heteroatoms. The van der Waals surface area contributed by atoms with Crippen LogP contribution in [-0.2, 0) is 11.2 Å². The fraction of sp³-hybridized carbons (Fsp3) is 0.583. The number of carbonyl (C=O) groups excluding carboxylic acids is 1. The van der Waals surface area contributed by atoms with Gasteiger partial charge in [0.2, 0.25) is 0 Å². The molecule has 0 saturated heterocycles. The topological polar surface area (TPSA) is 119 Å². The Hall–Kier alpha value is -2.09. The van der Waals surface area contributed by atoms with Crippen molar-refractivity contribution in [3.05, 3.63) is 18.2 Å². The van der Waals surface area contributed by atoms with E-state index in [2.05, 4.69) is 15.3 Å². The number of nitrogens with zero attached hydrogens (tertiary/aromatic N) is 2. The number of carboxylic acid groups (broad SMARTS) is 1. The number of aromatic amines is 1. The minimum absolute atomic E-state index is 0.0136. The van der Waals surface area contributed by atoms with Gasteiger partial charge in [0.15, 0.2) is 0 Å². The number of H-pyrrole nitrogens is 1. The molecule has 0 radical (unpaired) electrons. The molecule has 1 aromatic heterocycles. The fourth-order valence-electron chi connectivity index (χ4n) is 1.72. The molecule has 1 rings (SSSR count). The maximum Gasteiger partial charge on any atom is 0.326 e. The molecule has 20 heavy (non-hydrogen) atoms. The number of aliphatic hydroxyl groups is 1. The molecule has 2 amide bonds. The number of aliphatic carboxylic acids is 1. The van der Waals surface area contributed by atoms with E-state index in [9.17, 15) is 9.59 Å². The van der Waals surface area contributed by atoms with E-state index in [-0.39, 0.29) is 13.0 Å². The van der Waals surface area contributed by atoms with Crippen molar-refractivity contribution in [3.8, 4) is 0 Å². The van der Waals surface area contributed by atoms with E-state index in [1.807, 2.05) is 0 Å². The largest absolute Gasteiger partial charge is 0.480 e. The predicted molar refractivity (Wildman–Crippen MR) is 71.2 cm³/mol. The van der Waals surface area contributed by atoms with Gasteiger partial charge >= 0.3 is 12.0 Å². The third kappa shape index (κ3) is 4.88. The SMILES string of the molecule is CCN(CCCO)C(=O)N[C@@H](Cc1cnc[nH]1)C(=O)O. The summed E-state index contributed by atoms with van der Waals surface area (Å²) in [5.41, 5.74) is 0.635. The number of imidazole rings is 1. The molecule has 112 valence electrons. The van der Waals surface area contributed by atoms with Crippen LogP contribution in [0.25, 0.3) is 0 Å². The monoisotopic (exact) mass is 284 g/mol. The molecule has 4 N–H and O–H groups in total. The van der Waals surface area contributed by atoms with Gasteiger partial charge in [-0.25, -0.2) is 14.6 Å². The summed E-state index contributed by atoms with van der Waals surface area (Å²) in [6.07, 6.45) is 3.57. The highest BCUT2D eigenvalue weighted by Crippen LogP contribution is 2.01. The van der Waals surface area contributed by atoms with Crippen LogP contribution in [0.4, 0.5) is 4.79 Å². The van der Waals surface area contributed by atoms with Crippen molar-refractivity contribution in [2.45, 2.75) is 25.8 Å². The number of hydrogen-bond acceptors (Lipinski definition) is 4. The minimum Gasteiger partial charge on any atom is -0.480 e. The lowest BCUT2D eigenvalue weighted by molar-refractivity contribution is -0.139. The molecule has 0 saturated carbocycles. The van der Waals surface area contributed by atoms with E-state index in [0.717, 1.165) is 0 Å². The van der Waals surface area contributed by atoms with Gasteiger partial charge in [0.25, 0.3) is 0 Å². The second-order valence-corrected chi connectivity index (χ2v) is 4.28. The average molecular weight is 284 g/mol. The second kappa shape index (κ2) is 8.16. The van der Waals surface area contributed by atoms with Gasteiger partial charge in [0, 0.05) is 38.0 Å². The lowest BCUT2D eigenvalue weighted by Crippen LogP contribution is -2.49. The standard InChI is InChI=1S/C12H20N4O4/c1-2-16(4-3-5-17)12(20)15-10(11(18)19)6-9-7-13-8-14-9/h7-8,10,17H,2-6H2,1H3,(H,13,14)(H,15,20)(H,18,19)/t10-/m0/s1. The Morgan fingerprint density at radius 1 is 1.55 bits per heavy atom. The Bertz CT molecular complexity index is 421. The zero-order chi connectivity index (χ0) is 15.0. The van der Waals surface area contributed by atoms with Gasteiger partial charge in [-0.1, -0.05) is 0 Å². The first-order chi connectivity index (χ1) is 9.58. The van der Waals surface area contributed by atoms with Gasteiger partial charge in [-0.15, -0.1) is 0 Å². The zero-order valence-electron chi connectivity index (χ0n) is 11.4. The molecule has 0 aliphatic carbocycles. The number of amides is 2. The number of rotatable bonds is 8. The summed E-state index contributed by atoms with van der Waals surface area (Å²) >= 11 is 0. The van der Waals surface area contributed by atoms with Crippen LogP contribution in [0.2, 0.25) is 0 Å². The number of nitrogens with one attached hydrogen (secondary N) is 2. The lowest BCUT2D eigenvalue weighted by Gasteiger charge is -2.23. The van der Waals surface area contributed by atoms with Gasteiger partial charge in [-0.2, -0.15) is 0 Å². The van der Waals surface area contributed by atoms with E-state index in [0.29, 0.717) is 25.2 Å². The molecule has 0 spiro atoms. The molecular weight excluding hydrogens is 264 g/mol. The molecule has 0 fully saturated rings. The molecule has 8 nitrogen and oxygen atoms in total. The van der Waals surface area contributed by atoms with Crippen LogP contribution in [0.1, 0.15) is 19.0 Å². The Balaban J connectivity index is 2.60. The quantitative estimate of drug-likeness (QED) is 0.528. The van der Waals surface area contributed by atoms with Crippen LogP contribution < -0.4 is 5.32 Å². The maximum absolute atomic E-state index is 12.0. The summed E-state index contributed by atoms with van der Waals surface area (Å²) < 4.78 is 0. The van der Waals surface area contributed by atoms with E-state index in [1.165, 1.54) is 17.4 Å². The highest BCUT2D eigenvalue weighted by Gasteiger charge is 2.23. The molecule has 1 heterocycles. The van der Waals surface area contributed by atoms with E-state index in [1.54, 1.807) is 6.92 Å². The summed E-state index contributed by atoms with van der Waals surface area (Å²) in [4.78, 5) is 31.2. The Morgan fingerprint density at radius 3 is 2.80 bits per heavy atom. The normalized spacial score (nSPS) is 11.9. The van der Waals surface area contributed by atoms with Crippen molar-refractivity contribution in [1.82, 2.24) is 20.2 Å². The lowest BCUT2D eigenvalue weighted by atomic mass is 10.1. The van der Waals surface area contributed by atoms with Gasteiger partial charge < -0.3 is 25.4 Å². The van der Waals surface area contributed by atoms with Crippen molar-refractivity contribution in [1.29, 1.82) is 0 Å². The van der Waals surface area contributed by atoms with Crippen LogP contribution in [0.3, 0.4) is 0 Å². The van der Waals surface area contributed by atoms with Crippen molar-refractivity contribution in [2.75, 3.05) is 19.7 Å². The van der Waals surface area contributed by atoms with Crippen molar-refractivity contribution < 1.29 is 19.8 Å². The summed E-state index contributed by atoms with van der Waals surface area (Å²) in [5, 5.41) is 20.4. The smallest absolute Gasteiger partial charge is 0.326 e. The summed E-state index contributed by atoms with van der Waals surface area (Å²) in [5.74, 6) is -1.11. The molecule has 0 bridgehead atoms. The Morgan fingerprint density at radius 2 is 2.30 bits per heavy atom. The third-order valence-corrected chi connectivity index (χ3v) is 2.83. The number of urea groups is 1. The Labute approximate surface area is 116 Å². The van der Waals surface area contributed by atoms with Crippen molar-refractivity contribution in [3.63, 3.8) is 0 Å². The predicted octanol–water partition coefficient (Wildman–Crippen LogP) is -0.181. The van der Waals surface area contributed by atoms with Gasteiger partial charge in [0.05, 0.1) is 6.33 Å². The number of carboxylic acids is 1. The zero-order valence-corrected chi connectivity index (χ0v) is 11.4. The number of hydrogen-bond donors (Lipinski definition) is 4. The summed E-state index contributed by atoms with van der Waals surface area (Å²) in [7, 11) is 0. The van der Waals surface area contributed by atoms with Crippen molar-refractivity contribution >= 4 is 12.0 Å². The molecule has 0 aliphatic heterocycles. The van der Waals surface area contributed by atoms with Crippen LogP contribution in [0.5, 0.6) is 0 Å². The Kier molecular flexibility index (Phi) is 6.51. The molecular formula is C12H20N4O4. The van der Waals surface area contributed by atoms with Gasteiger partial charge in [0.1, 0.15) is 6.04 Å². The first kappa shape index (κ1) is 16.0. The maximum atomic E-state index is 12.0. The van der Waals surface area contributed by atoms with Crippen LogP contribution in [-0.4, -0.2) is 62.8 Å². The summed E-state index contributed by atoms with van der Waals surface area (Å²) in [6, 6.07) is -1.47. The van der Waals surface area contributed by atoms with E-state index >= 15 is 0 Å².